The minimum atomic E-state index is -0.120. The molecule has 3 rings (SSSR count). The fourth-order valence-electron chi connectivity index (χ4n) is 3.06. The number of rotatable bonds is 7. The Kier molecular flexibility index (Phi) is 7.45. The standard InChI is InChI=1S/C21H24BrN3O3/c22-17-6-3-5-16(15-17)20(26)23-9-4-10-24-21(27)18-7-1-2-8-19(18)25-11-13-28-14-12-25/h1-3,5-8,15H,4,9-14H2,(H,23,26)(H,24,27). The lowest BCUT2D eigenvalue weighted by molar-refractivity contribution is 0.0950. The Labute approximate surface area is 173 Å². The van der Waals surface area contributed by atoms with E-state index in [0.29, 0.717) is 43.9 Å². The van der Waals surface area contributed by atoms with E-state index in [1.807, 2.05) is 36.4 Å². The number of para-hydroxylation sites is 1. The first-order chi connectivity index (χ1) is 13.6. The Morgan fingerprint density at radius 1 is 0.964 bits per heavy atom. The van der Waals surface area contributed by atoms with E-state index in [1.165, 1.54) is 0 Å². The minimum absolute atomic E-state index is 0.0968. The highest BCUT2D eigenvalue weighted by Gasteiger charge is 2.18. The third-order valence-electron chi connectivity index (χ3n) is 4.51. The highest BCUT2D eigenvalue weighted by atomic mass is 79.9. The van der Waals surface area contributed by atoms with Gasteiger partial charge in [0.1, 0.15) is 0 Å². The lowest BCUT2D eigenvalue weighted by Gasteiger charge is -2.30. The fraction of sp³-hybridized carbons (Fsp3) is 0.333. The monoisotopic (exact) mass is 445 g/mol. The van der Waals surface area contributed by atoms with Gasteiger partial charge in [0.25, 0.3) is 11.8 Å². The summed E-state index contributed by atoms with van der Waals surface area (Å²) in [4.78, 5) is 26.9. The summed E-state index contributed by atoms with van der Waals surface area (Å²) in [5.74, 6) is -0.217. The van der Waals surface area contributed by atoms with Crippen molar-refractivity contribution in [1.29, 1.82) is 0 Å². The van der Waals surface area contributed by atoms with Crippen LogP contribution in [0.25, 0.3) is 0 Å². The van der Waals surface area contributed by atoms with Crippen molar-refractivity contribution < 1.29 is 14.3 Å². The molecular weight excluding hydrogens is 422 g/mol. The topological polar surface area (TPSA) is 70.7 Å². The molecule has 2 N–H and O–H groups in total. The summed E-state index contributed by atoms with van der Waals surface area (Å²) in [5, 5.41) is 5.81. The SMILES string of the molecule is O=C(NCCCNC(=O)c1ccccc1N1CCOCC1)c1cccc(Br)c1. The van der Waals surface area contributed by atoms with Gasteiger partial charge in [0.15, 0.2) is 0 Å². The van der Waals surface area contributed by atoms with Gasteiger partial charge < -0.3 is 20.3 Å². The van der Waals surface area contributed by atoms with Crippen LogP contribution in [-0.2, 0) is 4.74 Å². The number of nitrogens with one attached hydrogen (secondary N) is 2. The second-order valence-electron chi connectivity index (χ2n) is 6.49. The Hall–Kier alpha value is -2.38. The van der Waals surface area contributed by atoms with E-state index in [9.17, 15) is 9.59 Å². The van der Waals surface area contributed by atoms with Crippen molar-refractivity contribution in [3.8, 4) is 0 Å². The maximum atomic E-state index is 12.6. The third-order valence-corrected chi connectivity index (χ3v) is 5.01. The average Bonchev–Trinajstić information content (AvgIpc) is 2.74. The molecule has 148 valence electrons. The van der Waals surface area contributed by atoms with E-state index in [4.69, 9.17) is 4.74 Å². The van der Waals surface area contributed by atoms with E-state index < -0.39 is 0 Å². The van der Waals surface area contributed by atoms with Crippen molar-refractivity contribution in [2.24, 2.45) is 0 Å². The van der Waals surface area contributed by atoms with Crippen LogP contribution < -0.4 is 15.5 Å². The Morgan fingerprint density at radius 3 is 2.43 bits per heavy atom. The molecule has 1 aliphatic rings. The highest BCUT2D eigenvalue weighted by molar-refractivity contribution is 9.10. The molecule has 1 fully saturated rings. The van der Waals surface area contributed by atoms with E-state index in [-0.39, 0.29) is 11.8 Å². The Balaban J connectivity index is 1.45. The predicted octanol–water partition coefficient (Wildman–Crippen LogP) is 2.84. The maximum Gasteiger partial charge on any atom is 0.253 e. The fourth-order valence-corrected chi connectivity index (χ4v) is 3.46. The molecule has 0 atom stereocenters. The van der Waals surface area contributed by atoms with Crippen LogP contribution in [0, 0.1) is 0 Å². The summed E-state index contributed by atoms with van der Waals surface area (Å²) in [6.45, 7) is 3.91. The molecule has 0 aliphatic carbocycles. The zero-order valence-electron chi connectivity index (χ0n) is 15.6. The van der Waals surface area contributed by atoms with Gasteiger partial charge in [-0.1, -0.05) is 34.1 Å². The van der Waals surface area contributed by atoms with Gasteiger partial charge in [-0.2, -0.15) is 0 Å². The molecule has 0 bridgehead atoms. The molecule has 28 heavy (non-hydrogen) atoms. The van der Waals surface area contributed by atoms with Gasteiger partial charge in [-0.15, -0.1) is 0 Å². The van der Waals surface area contributed by atoms with Crippen LogP contribution in [0.4, 0.5) is 5.69 Å². The van der Waals surface area contributed by atoms with E-state index >= 15 is 0 Å². The molecule has 0 aromatic heterocycles. The molecule has 2 aromatic carbocycles. The molecule has 1 heterocycles. The van der Waals surface area contributed by atoms with Crippen molar-refractivity contribution in [2.75, 3.05) is 44.3 Å². The number of halogens is 1. The summed E-state index contributed by atoms with van der Waals surface area (Å²) in [6.07, 6.45) is 0.658. The average molecular weight is 446 g/mol. The normalized spacial score (nSPS) is 13.8. The molecule has 6 nitrogen and oxygen atoms in total. The van der Waals surface area contributed by atoms with Gasteiger partial charge in [-0.05, 0) is 36.8 Å². The minimum Gasteiger partial charge on any atom is -0.378 e. The number of anilines is 1. The molecule has 1 aliphatic heterocycles. The number of ether oxygens (including phenoxy) is 1. The molecule has 2 amide bonds. The van der Waals surface area contributed by atoms with E-state index in [0.717, 1.165) is 23.2 Å². The maximum absolute atomic E-state index is 12.6. The second-order valence-corrected chi connectivity index (χ2v) is 7.41. The first-order valence-electron chi connectivity index (χ1n) is 9.39. The number of hydrogen-bond donors (Lipinski definition) is 2. The van der Waals surface area contributed by atoms with Crippen molar-refractivity contribution in [3.05, 3.63) is 64.1 Å². The molecule has 0 unspecified atom stereocenters. The highest BCUT2D eigenvalue weighted by Crippen LogP contribution is 2.21. The van der Waals surface area contributed by atoms with Gasteiger partial charge in [0.2, 0.25) is 0 Å². The Morgan fingerprint density at radius 2 is 1.68 bits per heavy atom. The van der Waals surface area contributed by atoms with Gasteiger partial charge in [0, 0.05) is 41.9 Å². The van der Waals surface area contributed by atoms with Gasteiger partial charge >= 0.3 is 0 Å². The van der Waals surface area contributed by atoms with Crippen LogP contribution in [0.1, 0.15) is 27.1 Å². The number of carbonyl (C=O) groups excluding carboxylic acids is 2. The second kappa shape index (κ2) is 10.2. The van der Waals surface area contributed by atoms with Gasteiger partial charge in [-0.25, -0.2) is 0 Å². The molecule has 2 aromatic rings. The number of carbonyl (C=O) groups is 2. The smallest absolute Gasteiger partial charge is 0.253 e. The van der Waals surface area contributed by atoms with E-state index in [1.54, 1.807) is 12.1 Å². The molecule has 7 heteroatoms. The van der Waals surface area contributed by atoms with Gasteiger partial charge in [0.05, 0.1) is 18.8 Å². The van der Waals surface area contributed by atoms with Crippen molar-refractivity contribution in [2.45, 2.75) is 6.42 Å². The van der Waals surface area contributed by atoms with Crippen molar-refractivity contribution in [3.63, 3.8) is 0 Å². The van der Waals surface area contributed by atoms with Gasteiger partial charge in [-0.3, -0.25) is 9.59 Å². The molecule has 1 saturated heterocycles. The number of nitrogens with zero attached hydrogens (tertiary/aromatic N) is 1. The van der Waals surface area contributed by atoms with Crippen LogP contribution >= 0.6 is 15.9 Å². The van der Waals surface area contributed by atoms with Crippen LogP contribution in [0.15, 0.2) is 53.0 Å². The van der Waals surface area contributed by atoms with Crippen LogP contribution in [0.5, 0.6) is 0 Å². The number of benzene rings is 2. The first kappa shape index (κ1) is 20.4. The summed E-state index contributed by atoms with van der Waals surface area (Å²) < 4.78 is 6.26. The lowest BCUT2D eigenvalue weighted by Crippen LogP contribution is -2.38. The van der Waals surface area contributed by atoms with Crippen molar-refractivity contribution in [1.82, 2.24) is 10.6 Å². The first-order valence-corrected chi connectivity index (χ1v) is 10.2. The molecule has 0 radical (unpaired) electrons. The van der Waals surface area contributed by atoms with Crippen LogP contribution in [0.2, 0.25) is 0 Å². The largest absolute Gasteiger partial charge is 0.378 e. The van der Waals surface area contributed by atoms with Crippen LogP contribution in [-0.4, -0.2) is 51.2 Å². The summed E-state index contributed by atoms with van der Waals surface area (Å²) in [6, 6.07) is 14.9. The Bertz CT molecular complexity index is 822. The number of hydrogen-bond acceptors (Lipinski definition) is 4. The predicted molar refractivity (Wildman–Crippen MR) is 113 cm³/mol. The quantitative estimate of drug-likeness (QED) is 0.642. The van der Waals surface area contributed by atoms with Crippen molar-refractivity contribution >= 4 is 33.4 Å². The summed E-state index contributed by atoms with van der Waals surface area (Å²) >= 11 is 3.36. The number of amides is 2. The molecular formula is C21H24BrN3O3. The molecule has 0 spiro atoms. The third kappa shape index (κ3) is 5.56. The summed E-state index contributed by atoms with van der Waals surface area (Å²) in [5.41, 5.74) is 2.21. The lowest BCUT2D eigenvalue weighted by atomic mass is 10.1. The summed E-state index contributed by atoms with van der Waals surface area (Å²) in [7, 11) is 0. The van der Waals surface area contributed by atoms with Crippen LogP contribution in [0.3, 0.4) is 0 Å². The number of morpholine rings is 1. The molecule has 0 saturated carbocycles. The zero-order chi connectivity index (χ0) is 19.8. The van der Waals surface area contributed by atoms with E-state index in [2.05, 4.69) is 31.5 Å². The zero-order valence-corrected chi connectivity index (χ0v) is 17.2.